The van der Waals surface area contributed by atoms with Crippen molar-refractivity contribution in [1.29, 1.82) is 0 Å². The van der Waals surface area contributed by atoms with Gasteiger partial charge in [0.15, 0.2) is 6.10 Å². The number of hydrogen-bond acceptors (Lipinski definition) is 6. The summed E-state index contributed by atoms with van der Waals surface area (Å²) in [6.45, 7) is 5.32. The lowest BCUT2D eigenvalue weighted by molar-refractivity contribution is -0.0258. The molecule has 0 spiro atoms. The Kier molecular flexibility index (Phi) is 6.71. The zero-order valence-electron chi connectivity index (χ0n) is 16.4. The molecule has 8 heteroatoms. The predicted octanol–water partition coefficient (Wildman–Crippen LogP) is 2.91. The van der Waals surface area contributed by atoms with Gasteiger partial charge >= 0.3 is 5.97 Å². The van der Waals surface area contributed by atoms with Crippen molar-refractivity contribution in [3.8, 4) is 0 Å². The van der Waals surface area contributed by atoms with Crippen molar-refractivity contribution in [1.82, 2.24) is 4.47 Å². The van der Waals surface area contributed by atoms with Crippen molar-refractivity contribution in [2.24, 2.45) is 0 Å². The number of hydroxylamine groups is 1. The van der Waals surface area contributed by atoms with E-state index in [1.807, 2.05) is 19.9 Å². The number of esters is 1. The lowest BCUT2D eigenvalue weighted by atomic mass is 10.0. The van der Waals surface area contributed by atoms with E-state index in [-0.39, 0.29) is 16.2 Å². The first-order valence-electron chi connectivity index (χ1n) is 8.53. The fourth-order valence-electron chi connectivity index (χ4n) is 2.44. The van der Waals surface area contributed by atoms with Crippen LogP contribution in [0.3, 0.4) is 0 Å². The van der Waals surface area contributed by atoms with Gasteiger partial charge in [0, 0.05) is 12.6 Å². The molecule has 0 saturated carbocycles. The summed E-state index contributed by atoms with van der Waals surface area (Å²) in [6, 6.07) is 10.6. The fraction of sp³-hybridized carbons (Fsp3) is 0.300. The van der Waals surface area contributed by atoms with Gasteiger partial charge in [-0.2, -0.15) is 0 Å². The van der Waals surface area contributed by atoms with E-state index in [2.05, 4.69) is 0 Å². The van der Waals surface area contributed by atoms with Crippen LogP contribution < -0.4 is 0 Å². The van der Waals surface area contributed by atoms with Crippen LogP contribution >= 0.6 is 0 Å². The summed E-state index contributed by atoms with van der Waals surface area (Å²) in [6.07, 6.45) is -1.02. The third-order valence-corrected chi connectivity index (χ3v) is 6.08. The predicted molar refractivity (Wildman–Crippen MR) is 104 cm³/mol. The third kappa shape index (κ3) is 4.64. The maximum atomic E-state index is 12.5. The molecule has 0 amide bonds. The Bertz CT molecular complexity index is 1000. The first-order chi connectivity index (χ1) is 13.1. The summed E-state index contributed by atoms with van der Waals surface area (Å²) >= 11 is 0. The smallest absolute Gasteiger partial charge is 0.338 e. The van der Waals surface area contributed by atoms with Crippen LogP contribution in [0.25, 0.3) is 0 Å². The first-order valence-corrected chi connectivity index (χ1v) is 9.97. The Balaban J connectivity index is 2.19. The normalized spacial score (nSPS) is 12.6. The van der Waals surface area contributed by atoms with E-state index in [1.165, 1.54) is 45.3 Å². The first kappa shape index (κ1) is 21.7. The molecule has 1 atom stereocenters. The fourth-order valence-corrected chi connectivity index (χ4v) is 3.46. The minimum Gasteiger partial charge on any atom is -0.451 e. The monoisotopic (exact) mass is 405 g/mol. The third-order valence-electron chi connectivity index (χ3n) is 4.41. The second-order valence-electron chi connectivity index (χ2n) is 6.34. The summed E-state index contributed by atoms with van der Waals surface area (Å²) in [5.41, 5.74) is 2.48. The number of carbonyl (C=O) groups is 2. The number of aryl methyl sites for hydroxylation is 2. The summed E-state index contributed by atoms with van der Waals surface area (Å²) in [5.74, 6) is -1.12. The molecule has 0 unspecified atom stereocenters. The molecule has 0 saturated heterocycles. The van der Waals surface area contributed by atoms with E-state index >= 15 is 0 Å². The Labute approximate surface area is 164 Å². The van der Waals surface area contributed by atoms with Gasteiger partial charge < -0.3 is 4.74 Å². The quantitative estimate of drug-likeness (QED) is 0.400. The van der Waals surface area contributed by atoms with Crippen molar-refractivity contribution < 1.29 is 27.6 Å². The molecule has 0 fully saturated rings. The van der Waals surface area contributed by atoms with E-state index in [0.29, 0.717) is 10.0 Å². The van der Waals surface area contributed by atoms with E-state index in [1.54, 1.807) is 12.1 Å². The molecular formula is C20H23NO6S. The average Bonchev–Trinajstić information content (AvgIpc) is 2.68. The van der Waals surface area contributed by atoms with Gasteiger partial charge in [0.05, 0.1) is 17.6 Å². The number of ketones is 1. The zero-order chi connectivity index (χ0) is 21.1. The van der Waals surface area contributed by atoms with Gasteiger partial charge in [-0.3, -0.25) is 9.63 Å². The van der Waals surface area contributed by atoms with Crippen LogP contribution in [0, 0.1) is 13.8 Å². The molecule has 0 N–H and O–H groups in total. The number of nitrogens with zero attached hydrogens (tertiary/aromatic N) is 1. The highest BCUT2D eigenvalue weighted by Gasteiger charge is 2.24. The number of rotatable bonds is 7. The van der Waals surface area contributed by atoms with Crippen LogP contribution in [0.5, 0.6) is 0 Å². The van der Waals surface area contributed by atoms with Crippen LogP contribution in [0.1, 0.15) is 38.8 Å². The molecule has 7 nitrogen and oxygen atoms in total. The topological polar surface area (TPSA) is 90.0 Å². The second-order valence-corrected chi connectivity index (χ2v) is 8.27. The highest BCUT2D eigenvalue weighted by atomic mass is 32.2. The number of sulfonamides is 1. The number of Topliss-reactive ketones (excluding diaryl/α,β-unsaturated/α-hetero) is 1. The van der Waals surface area contributed by atoms with Gasteiger partial charge in [-0.05, 0) is 56.2 Å². The number of benzene rings is 2. The van der Waals surface area contributed by atoms with Gasteiger partial charge in [-0.1, -0.05) is 22.7 Å². The summed E-state index contributed by atoms with van der Waals surface area (Å²) in [5, 5.41) is 0. The SMILES string of the molecule is CON(C)S(=O)(=O)c1cccc(C(=O)O[C@@H](C)C(=O)c2ccc(C)c(C)c2)c1. The molecule has 0 radical (unpaired) electrons. The number of hydrogen-bond donors (Lipinski definition) is 0. The van der Waals surface area contributed by atoms with Crippen molar-refractivity contribution >= 4 is 21.8 Å². The van der Waals surface area contributed by atoms with E-state index in [4.69, 9.17) is 9.57 Å². The molecule has 0 aliphatic rings. The highest BCUT2D eigenvalue weighted by molar-refractivity contribution is 7.89. The van der Waals surface area contributed by atoms with E-state index in [9.17, 15) is 18.0 Å². The van der Waals surface area contributed by atoms with Crippen LogP contribution in [-0.4, -0.2) is 44.9 Å². The van der Waals surface area contributed by atoms with Gasteiger partial charge in [-0.15, -0.1) is 0 Å². The van der Waals surface area contributed by atoms with Gasteiger partial charge in [0.2, 0.25) is 5.78 Å². The Morgan fingerprint density at radius 2 is 1.68 bits per heavy atom. The molecule has 0 aliphatic heterocycles. The molecule has 2 aromatic rings. The average molecular weight is 405 g/mol. The summed E-state index contributed by atoms with van der Waals surface area (Å²) < 4.78 is 30.5. The van der Waals surface area contributed by atoms with Gasteiger partial charge in [-0.25, -0.2) is 13.2 Å². The highest BCUT2D eigenvalue weighted by Crippen LogP contribution is 2.18. The molecule has 150 valence electrons. The largest absolute Gasteiger partial charge is 0.451 e. The second kappa shape index (κ2) is 8.64. The maximum absolute atomic E-state index is 12.5. The molecule has 0 heterocycles. The lowest BCUT2D eigenvalue weighted by Gasteiger charge is -2.15. The van der Waals surface area contributed by atoms with Crippen LogP contribution in [0.2, 0.25) is 0 Å². The van der Waals surface area contributed by atoms with E-state index in [0.717, 1.165) is 11.1 Å². The van der Waals surface area contributed by atoms with Crippen LogP contribution in [0.4, 0.5) is 0 Å². The molecule has 0 aromatic heterocycles. The molecule has 0 bridgehead atoms. The Morgan fingerprint density at radius 1 is 1.00 bits per heavy atom. The molecule has 28 heavy (non-hydrogen) atoms. The lowest BCUT2D eigenvalue weighted by Crippen LogP contribution is -2.26. The summed E-state index contributed by atoms with van der Waals surface area (Å²) in [7, 11) is -1.45. The Morgan fingerprint density at radius 3 is 2.29 bits per heavy atom. The Hall–Kier alpha value is -2.55. The van der Waals surface area contributed by atoms with Gasteiger partial charge in [0.25, 0.3) is 10.0 Å². The van der Waals surface area contributed by atoms with Crippen molar-refractivity contribution in [3.05, 3.63) is 64.7 Å². The number of ether oxygens (including phenoxy) is 1. The molecule has 2 aromatic carbocycles. The van der Waals surface area contributed by atoms with Gasteiger partial charge in [0.1, 0.15) is 0 Å². The van der Waals surface area contributed by atoms with E-state index < -0.39 is 22.1 Å². The van der Waals surface area contributed by atoms with Crippen molar-refractivity contribution in [3.63, 3.8) is 0 Å². The molecule has 0 aliphatic carbocycles. The van der Waals surface area contributed by atoms with Crippen molar-refractivity contribution in [2.75, 3.05) is 14.2 Å². The van der Waals surface area contributed by atoms with Crippen LogP contribution in [0.15, 0.2) is 47.4 Å². The van der Waals surface area contributed by atoms with Crippen molar-refractivity contribution in [2.45, 2.75) is 31.8 Å². The minimum absolute atomic E-state index is 0.0188. The number of carbonyl (C=O) groups excluding carboxylic acids is 2. The summed E-state index contributed by atoms with van der Waals surface area (Å²) in [4.78, 5) is 29.5. The zero-order valence-corrected chi connectivity index (χ0v) is 17.2. The standard InChI is InChI=1S/C20H23NO6S/c1-13-9-10-16(11-14(13)2)19(22)15(3)27-20(23)17-7-6-8-18(12-17)28(24,25)21(4)26-5/h6-12,15H,1-5H3/t15-/m0/s1. The van der Waals surface area contributed by atoms with Crippen LogP contribution in [-0.2, 0) is 19.6 Å². The molecular weight excluding hydrogens is 382 g/mol. The minimum atomic E-state index is -3.91. The molecule has 2 rings (SSSR count). The maximum Gasteiger partial charge on any atom is 0.338 e.